The van der Waals surface area contributed by atoms with Gasteiger partial charge in [-0.25, -0.2) is 4.79 Å². The molecular formula is C27H47N11OS. The van der Waals surface area contributed by atoms with Gasteiger partial charge in [-0.1, -0.05) is 0 Å². The number of rotatable bonds is 7. The number of carbonyl (C=O) groups is 1. The SMILES string of the molecule is NC(N)=NC1CC(NC(=O)NC2CCC(C3=NCCN3)CC2)CC(NC(=S)NC2CCC(C3=NCCN3)CC2)C1. The smallest absolute Gasteiger partial charge is 0.315 e. The van der Waals surface area contributed by atoms with Gasteiger partial charge in [0.05, 0.1) is 30.8 Å². The van der Waals surface area contributed by atoms with Crippen molar-refractivity contribution in [2.45, 2.75) is 101 Å². The number of carbonyl (C=O) groups excluding carboxylic acids is 1. The Labute approximate surface area is 242 Å². The van der Waals surface area contributed by atoms with Gasteiger partial charge in [-0.2, -0.15) is 0 Å². The predicted molar refractivity (Wildman–Crippen MR) is 164 cm³/mol. The Morgan fingerprint density at radius 3 is 1.70 bits per heavy atom. The van der Waals surface area contributed by atoms with Crippen molar-refractivity contribution in [1.29, 1.82) is 0 Å². The number of nitrogens with two attached hydrogens (primary N) is 2. The zero-order chi connectivity index (χ0) is 27.9. The molecule has 222 valence electrons. The summed E-state index contributed by atoms with van der Waals surface area (Å²) in [5.74, 6) is 3.48. The molecule has 0 spiro atoms. The van der Waals surface area contributed by atoms with Gasteiger partial charge < -0.3 is 43.4 Å². The molecule has 2 amide bonds. The molecule has 0 aromatic rings. The normalized spacial score (nSPS) is 33.9. The Kier molecular flexibility index (Phi) is 9.82. The van der Waals surface area contributed by atoms with E-state index in [9.17, 15) is 4.79 Å². The number of hydrogen-bond acceptors (Lipinski definition) is 7. The summed E-state index contributed by atoms with van der Waals surface area (Å²) in [5, 5.41) is 20.9. The molecule has 0 bridgehead atoms. The van der Waals surface area contributed by atoms with Gasteiger partial charge in [-0.3, -0.25) is 15.0 Å². The highest BCUT2D eigenvalue weighted by atomic mass is 32.1. The summed E-state index contributed by atoms with van der Waals surface area (Å²) in [6.07, 6.45) is 10.7. The lowest BCUT2D eigenvalue weighted by atomic mass is 9.85. The molecule has 13 heteroatoms. The van der Waals surface area contributed by atoms with Crippen molar-refractivity contribution in [2.75, 3.05) is 26.2 Å². The monoisotopic (exact) mass is 573 g/mol. The van der Waals surface area contributed by atoms with Gasteiger partial charge in [-0.15, -0.1) is 0 Å². The first-order valence-corrected chi connectivity index (χ1v) is 15.6. The molecule has 0 radical (unpaired) electrons. The third-order valence-electron chi connectivity index (χ3n) is 8.98. The van der Waals surface area contributed by atoms with Gasteiger partial charge in [0.25, 0.3) is 0 Å². The Morgan fingerprint density at radius 1 is 0.725 bits per heavy atom. The van der Waals surface area contributed by atoms with E-state index in [1.54, 1.807) is 0 Å². The Bertz CT molecular complexity index is 913. The molecule has 0 aromatic heterocycles. The molecule has 3 aliphatic carbocycles. The molecule has 10 N–H and O–H groups in total. The highest BCUT2D eigenvalue weighted by Gasteiger charge is 2.33. The van der Waals surface area contributed by atoms with Crippen molar-refractivity contribution in [3.05, 3.63) is 0 Å². The molecule has 5 rings (SSSR count). The van der Waals surface area contributed by atoms with Crippen LogP contribution < -0.4 is 43.4 Å². The second-order valence-electron chi connectivity index (χ2n) is 12.0. The van der Waals surface area contributed by atoms with Crippen LogP contribution in [0.5, 0.6) is 0 Å². The molecular weight excluding hydrogens is 526 g/mol. The van der Waals surface area contributed by atoms with Crippen molar-refractivity contribution < 1.29 is 4.79 Å². The number of guanidine groups is 1. The summed E-state index contributed by atoms with van der Waals surface area (Å²) >= 11 is 5.71. The van der Waals surface area contributed by atoms with E-state index in [2.05, 4.69) is 46.9 Å². The molecule has 3 unspecified atom stereocenters. The highest BCUT2D eigenvalue weighted by Crippen LogP contribution is 2.27. The number of amides is 2. The maximum atomic E-state index is 12.9. The van der Waals surface area contributed by atoms with Gasteiger partial charge >= 0.3 is 6.03 Å². The third-order valence-corrected chi connectivity index (χ3v) is 9.22. The molecule has 2 heterocycles. The standard InChI is InChI=1S/C27H47N11OS/c28-25(29)34-20-13-21(36-26(39)35-18-5-1-16(2-6-18)23-30-9-10-31-23)15-22(14-20)38-27(40)37-19-7-3-17(4-8-19)24-32-11-12-33-24/h16-22H,1-15H2,(H,30,31)(H,32,33)(H4,28,29,34)(H2,35,36,39)(H2,37,38,40). The average molecular weight is 574 g/mol. The van der Waals surface area contributed by atoms with Gasteiger partial charge in [0, 0.05) is 49.1 Å². The van der Waals surface area contributed by atoms with Crippen LogP contribution >= 0.6 is 12.2 Å². The van der Waals surface area contributed by atoms with Crippen molar-refractivity contribution in [2.24, 2.45) is 38.3 Å². The number of hydrogen-bond donors (Lipinski definition) is 8. The minimum Gasteiger partial charge on any atom is -0.372 e. The second-order valence-corrected chi connectivity index (χ2v) is 12.4. The topological polar surface area (TPSA) is 178 Å². The third kappa shape index (κ3) is 8.11. The van der Waals surface area contributed by atoms with Crippen LogP contribution in [-0.4, -0.2) is 85.2 Å². The quantitative estimate of drug-likeness (QED) is 0.123. The average Bonchev–Trinajstić information content (AvgIpc) is 3.64. The molecule has 3 saturated carbocycles. The van der Waals surface area contributed by atoms with Gasteiger partial charge in [0.2, 0.25) is 0 Å². The van der Waals surface area contributed by atoms with E-state index in [-0.39, 0.29) is 36.2 Å². The molecule has 2 aliphatic heterocycles. The largest absolute Gasteiger partial charge is 0.372 e. The lowest BCUT2D eigenvalue weighted by Crippen LogP contribution is -2.55. The highest BCUT2D eigenvalue weighted by molar-refractivity contribution is 7.80. The number of thiocarbonyl (C=S) groups is 1. The minimum atomic E-state index is -0.118. The molecule has 12 nitrogen and oxygen atoms in total. The summed E-state index contributed by atoms with van der Waals surface area (Å²) in [4.78, 5) is 26.6. The first-order chi connectivity index (χ1) is 19.4. The zero-order valence-electron chi connectivity index (χ0n) is 23.5. The van der Waals surface area contributed by atoms with Crippen LogP contribution in [0.25, 0.3) is 0 Å². The second kappa shape index (κ2) is 13.7. The number of nitrogens with zero attached hydrogens (tertiary/aromatic N) is 3. The minimum absolute atomic E-state index is 0.0503. The van der Waals surface area contributed by atoms with Gasteiger partial charge in [0.1, 0.15) is 0 Å². The maximum Gasteiger partial charge on any atom is 0.315 e. The molecule has 3 atom stereocenters. The number of urea groups is 1. The summed E-state index contributed by atoms with van der Waals surface area (Å²) in [7, 11) is 0. The number of aliphatic imine (C=N–C) groups is 3. The Hall–Kier alpha value is -2.83. The summed E-state index contributed by atoms with van der Waals surface area (Å²) in [6, 6.07) is 0.373. The van der Waals surface area contributed by atoms with E-state index in [1.165, 1.54) is 5.84 Å². The summed E-state index contributed by atoms with van der Waals surface area (Å²) in [6.45, 7) is 3.70. The van der Waals surface area contributed by atoms with Crippen molar-refractivity contribution >= 4 is 41.0 Å². The summed E-state index contributed by atoms with van der Waals surface area (Å²) in [5.41, 5.74) is 11.4. The summed E-state index contributed by atoms with van der Waals surface area (Å²) < 4.78 is 0. The first kappa shape index (κ1) is 28.7. The fraction of sp³-hybridized carbons (Fsp3) is 0.815. The Balaban J connectivity index is 1.06. The fourth-order valence-corrected chi connectivity index (χ4v) is 7.40. The molecule has 0 saturated heterocycles. The molecule has 40 heavy (non-hydrogen) atoms. The lowest BCUT2D eigenvalue weighted by Gasteiger charge is -2.36. The van der Waals surface area contributed by atoms with Crippen LogP contribution in [0.1, 0.15) is 70.6 Å². The predicted octanol–water partition coefficient (Wildman–Crippen LogP) is 0.434. The van der Waals surface area contributed by atoms with E-state index in [1.807, 2.05) is 0 Å². The van der Waals surface area contributed by atoms with E-state index in [4.69, 9.17) is 23.7 Å². The van der Waals surface area contributed by atoms with Crippen LogP contribution in [0.2, 0.25) is 0 Å². The van der Waals surface area contributed by atoms with Gasteiger partial charge in [0.15, 0.2) is 11.1 Å². The molecule has 5 aliphatic rings. The number of amidine groups is 2. The van der Waals surface area contributed by atoms with Crippen LogP contribution in [0.3, 0.4) is 0 Å². The fourth-order valence-electron chi connectivity index (χ4n) is 7.07. The van der Waals surface area contributed by atoms with E-state index < -0.39 is 0 Å². The van der Waals surface area contributed by atoms with Crippen molar-refractivity contribution in [1.82, 2.24) is 31.9 Å². The maximum absolute atomic E-state index is 12.9. The lowest BCUT2D eigenvalue weighted by molar-refractivity contribution is 0.218. The zero-order valence-corrected chi connectivity index (χ0v) is 24.3. The van der Waals surface area contributed by atoms with Crippen LogP contribution in [-0.2, 0) is 0 Å². The van der Waals surface area contributed by atoms with Crippen molar-refractivity contribution in [3.8, 4) is 0 Å². The first-order valence-electron chi connectivity index (χ1n) is 15.2. The number of nitrogens with one attached hydrogen (secondary N) is 6. The van der Waals surface area contributed by atoms with Gasteiger partial charge in [-0.05, 0) is 82.8 Å². The van der Waals surface area contributed by atoms with Crippen LogP contribution in [0, 0.1) is 11.8 Å². The van der Waals surface area contributed by atoms with Crippen LogP contribution in [0.4, 0.5) is 4.79 Å². The van der Waals surface area contributed by atoms with E-state index >= 15 is 0 Å². The van der Waals surface area contributed by atoms with E-state index in [0.29, 0.717) is 29.4 Å². The Morgan fingerprint density at radius 2 is 1.20 bits per heavy atom. The molecule has 3 fully saturated rings. The molecule has 0 aromatic carbocycles. The van der Waals surface area contributed by atoms with Crippen LogP contribution in [0.15, 0.2) is 15.0 Å². The van der Waals surface area contributed by atoms with Crippen molar-refractivity contribution in [3.63, 3.8) is 0 Å². The van der Waals surface area contributed by atoms with E-state index in [0.717, 1.165) is 96.2 Å².